The van der Waals surface area contributed by atoms with Crippen molar-refractivity contribution >= 4 is 22.7 Å². The first-order valence-corrected chi connectivity index (χ1v) is 11.3. The number of H-pyrrole nitrogens is 1. The Morgan fingerprint density at radius 1 is 0.938 bits per heavy atom. The maximum atomic E-state index is 13.3. The Morgan fingerprint density at radius 3 is 2.38 bits per heavy atom. The van der Waals surface area contributed by atoms with E-state index >= 15 is 0 Å². The molecule has 0 atom stereocenters. The SMILES string of the molecule is CCCN(CC(=O)N(CCc1c[nH]c2ccccc12)Cc1ccc(OC)cc1)C(=O)CC. The minimum absolute atomic E-state index is 0.0150. The molecule has 0 aliphatic heterocycles. The number of amides is 2. The molecule has 2 aromatic carbocycles. The zero-order valence-corrected chi connectivity index (χ0v) is 19.3. The van der Waals surface area contributed by atoms with Gasteiger partial charge in [0.05, 0.1) is 13.7 Å². The first kappa shape index (κ1) is 23.4. The number of nitrogens with one attached hydrogen (secondary N) is 1. The van der Waals surface area contributed by atoms with Gasteiger partial charge in [-0.3, -0.25) is 9.59 Å². The summed E-state index contributed by atoms with van der Waals surface area (Å²) in [5.74, 6) is 0.769. The maximum Gasteiger partial charge on any atom is 0.242 e. The number of para-hydroxylation sites is 1. The van der Waals surface area contributed by atoms with Gasteiger partial charge in [0.1, 0.15) is 5.75 Å². The molecular formula is C26H33N3O3. The van der Waals surface area contributed by atoms with Gasteiger partial charge in [-0.1, -0.05) is 44.2 Å². The van der Waals surface area contributed by atoms with Crippen LogP contribution in [0.15, 0.2) is 54.7 Å². The summed E-state index contributed by atoms with van der Waals surface area (Å²) in [6.45, 7) is 5.63. The Bertz CT molecular complexity index is 1030. The molecule has 0 radical (unpaired) electrons. The van der Waals surface area contributed by atoms with Gasteiger partial charge >= 0.3 is 0 Å². The van der Waals surface area contributed by atoms with Crippen molar-refractivity contribution in [2.24, 2.45) is 0 Å². The molecule has 170 valence electrons. The molecule has 6 nitrogen and oxygen atoms in total. The molecule has 1 aromatic heterocycles. The molecule has 0 saturated carbocycles. The van der Waals surface area contributed by atoms with Gasteiger partial charge in [0.25, 0.3) is 0 Å². The molecule has 6 heteroatoms. The molecule has 3 rings (SSSR count). The number of carbonyl (C=O) groups is 2. The lowest BCUT2D eigenvalue weighted by Crippen LogP contribution is -2.43. The Labute approximate surface area is 190 Å². The monoisotopic (exact) mass is 435 g/mol. The van der Waals surface area contributed by atoms with Crippen molar-refractivity contribution in [2.75, 3.05) is 26.7 Å². The molecule has 0 aliphatic carbocycles. The lowest BCUT2D eigenvalue weighted by molar-refractivity contribution is -0.140. The van der Waals surface area contributed by atoms with Gasteiger partial charge in [0.15, 0.2) is 0 Å². The van der Waals surface area contributed by atoms with E-state index in [1.165, 1.54) is 10.9 Å². The van der Waals surface area contributed by atoms with E-state index in [-0.39, 0.29) is 18.4 Å². The minimum atomic E-state index is -0.0316. The van der Waals surface area contributed by atoms with Crippen LogP contribution in [0.25, 0.3) is 10.9 Å². The molecule has 0 aliphatic rings. The molecule has 0 fully saturated rings. The standard InChI is InChI=1S/C26H33N3O3/c1-4-15-28(25(30)5-2)19-26(31)29(18-20-10-12-22(32-3)13-11-20)16-14-21-17-27-24-9-7-6-8-23(21)24/h6-13,17,27H,4-5,14-16,18-19H2,1-3H3. The Hall–Kier alpha value is -3.28. The van der Waals surface area contributed by atoms with Gasteiger partial charge < -0.3 is 19.5 Å². The largest absolute Gasteiger partial charge is 0.497 e. The predicted molar refractivity (Wildman–Crippen MR) is 128 cm³/mol. The Morgan fingerprint density at radius 2 is 1.69 bits per heavy atom. The Balaban J connectivity index is 1.77. The molecule has 0 spiro atoms. The molecule has 1 N–H and O–H groups in total. The van der Waals surface area contributed by atoms with E-state index in [4.69, 9.17) is 4.74 Å². The number of aromatic amines is 1. The van der Waals surface area contributed by atoms with E-state index in [2.05, 4.69) is 17.1 Å². The summed E-state index contributed by atoms with van der Waals surface area (Å²) in [6, 6.07) is 16.0. The van der Waals surface area contributed by atoms with Crippen molar-refractivity contribution in [1.29, 1.82) is 0 Å². The third-order valence-electron chi connectivity index (χ3n) is 5.69. The number of rotatable bonds is 11. The third kappa shape index (κ3) is 5.90. The zero-order valence-electron chi connectivity index (χ0n) is 19.3. The number of nitrogens with zero attached hydrogens (tertiary/aromatic N) is 2. The maximum absolute atomic E-state index is 13.3. The Kier molecular flexibility index (Phi) is 8.31. The van der Waals surface area contributed by atoms with Crippen LogP contribution in [0.5, 0.6) is 5.75 Å². The van der Waals surface area contributed by atoms with E-state index in [0.717, 1.165) is 29.7 Å². The summed E-state index contributed by atoms with van der Waals surface area (Å²) in [5.41, 5.74) is 3.31. The van der Waals surface area contributed by atoms with Gasteiger partial charge in [0, 0.05) is 43.2 Å². The number of hydrogen-bond donors (Lipinski definition) is 1. The van der Waals surface area contributed by atoms with Crippen molar-refractivity contribution in [3.8, 4) is 5.75 Å². The highest BCUT2D eigenvalue weighted by Gasteiger charge is 2.20. The molecule has 0 unspecified atom stereocenters. The summed E-state index contributed by atoms with van der Waals surface area (Å²) in [6.07, 6.45) is 3.99. The van der Waals surface area contributed by atoms with Crippen molar-refractivity contribution in [2.45, 2.75) is 39.7 Å². The fourth-order valence-corrected chi connectivity index (χ4v) is 3.89. The summed E-state index contributed by atoms with van der Waals surface area (Å²) in [5, 5.41) is 1.18. The lowest BCUT2D eigenvalue weighted by Gasteiger charge is -2.27. The fraction of sp³-hybridized carbons (Fsp3) is 0.385. The lowest BCUT2D eigenvalue weighted by atomic mass is 10.1. The van der Waals surface area contributed by atoms with E-state index < -0.39 is 0 Å². The van der Waals surface area contributed by atoms with Gasteiger partial charge in [0.2, 0.25) is 11.8 Å². The summed E-state index contributed by atoms with van der Waals surface area (Å²) < 4.78 is 5.25. The number of ether oxygens (including phenoxy) is 1. The number of fused-ring (bicyclic) bond motifs is 1. The molecule has 0 bridgehead atoms. The van der Waals surface area contributed by atoms with Crippen molar-refractivity contribution in [3.63, 3.8) is 0 Å². The molecule has 0 saturated heterocycles. The van der Waals surface area contributed by atoms with Gasteiger partial charge in [-0.2, -0.15) is 0 Å². The minimum Gasteiger partial charge on any atom is -0.497 e. The van der Waals surface area contributed by atoms with Gasteiger partial charge in [-0.15, -0.1) is 0 Å². The summed E-state index contributed by atoms with van der Waals surface area (Å²) >= 11 is 0. The van der Waals surface area contributed by atoms with Crippen LogP contribution < -0.4 is 4.74 Å². The normalized spacial score (nSPS) is 10.8. The number of hydrogen-bond acceptors (Lipinski definition) is 3. The topological polar surface area (TPSA) is 65.6 Å². The van der Waals surface area contributed by atoms with Crippen LogP contribution in [-0.2, 0) is 22.6 Å². The molecule has 1 heterocycles. The highest BCUT2D eigenvalue weighted by Crippen LogP contribution is 2.19. The second-order valence-corrected chi connectivity index (χ2v) is 7.94. The third-order valence-corrected chi connectivity index (χ3v) is 5.69. The number of aromatic nitrogens is 1. The first-order chi connectivity index (χ1) is 15.5. The fourth-order valence-electron chi connectivity index (χ4n) is 3.89. The smallest absolute Gasteiger partial charge is 0.242 e. The average molecular weight is 436 g/mol. The van der Waals surface area contributed by atoms with E-state index in [1.54, 1.807) is 12.0 Å². The summed E-state index contributed by atoms with van der Waals surface area (Å²) in [4.78, 5) is 32.5. The molecule has 32 heavy (non-hydrogen) atoms. The number of benzene rings is 2. The number of methoxy groups -OCH3 is 1. The van der Waals surface area contributed by atoms with Crippen LogP contribution >= 0.6 is 0 Å². The average Bonchev–Trinajstić information content (AvgIpc) is 3.24. The predicted octanol–water partition coefficient (Wildman–Crippen LogP) is 4.40. The van der Waals surface area contributed by atoms with Gasteiger partial charge in [-0.25, -0.2) is 0 Å². The van der Waals surface area contributed by atoms with Gasteiger partial charge in [-0.05, 0) is 42.2 Å². The first-order valence-electron chi connectivity index (χ1n) is 11.3. The summed E-state index contributed by atoms with van der Waals surface area (Å²) in [7, 11) is 1.64. The molecular weight excluding hydrogens is 402 g/mol. The molecule has 3 aromatic rings. The van der Waals surface area contributed by atoms with E-state index in [9.17, 15) is 9.59 Å². The van der Waals surface area contributed by atoms with Crippen molar-refractivity contribution in [3.05, 3.63) is 65.9 Å². The van der Waals surface area contributed by atoms with Crippen LogP contribution in [0.4, 0.5) is 0 Å². The van der Waals surface area contributed by atoms with Crippen LogP contribution in [0.3, 0.4) is 0 Å². The van der Waals surface area contributed by atoms with Crippen LogP contribution in [0, 0.1) is 0 Å². The van der Waals surface area contributed by atoms with E-state index in [1.807, 2.05) is 61.3 Å². The quantitative estimate of drug-likeness (QED) is 0.486. The number of carbonyl (C=O) groups excluding carboxylic acids is 2. The van der Waals surface area contributed by atoms with Crippen molar-refractivity contribution in [1.82, 2.24) is 14.8 Å². The second kappa shape index (κ2) is 11.4. The van der Waals surface area contributed by atoms with Crippen molar-refractivity contribution < 1.29 is 14.3 Å². The van der Waals surface area contributed by atoms with E-state index in [0.29, 0.717) is 26.1 Å². The molecule has 2 amide bonds. The highest BCUT2D eigenvalue weighted by molar-refractivity contribution is 5.85. The van der Waals surface area contributed by atoms with Crippen LogP contribution in [0.2, 0.25) is 0 Å². The van der Waals surface area contributed by atoms with Crippen LogP contribution in [0.1, 0.15) is 37.8 Å². The zero-order chi connectivity index (χ0) is 22.9. The van der Waals surface area contributed by atoms with Crippen LogP contribution in [-0.4, -0.2) is 53.3 Å². The second-order valence-electron chi connectivity index (χ2n) is 7.94. The highest BCUT2D eigenvalue weighted by atomic mass is 16.5.